The number of nitrogens with one attached hydrogen (secondary N) is 2. The third kappa shape index (κ3) is 5.94. The van der Waals surface area contributed by atoms with Crippen LogP contribution in [0.3, 0.4) is 0 Å². The van der Waals surface area contributed by atoms with Crippen molar-refractivity contribution in [3.05, 3.63) is 84.3 Å². The van der Waals surface area contributed by atoms with Crippen molar-refractivity contribution >= 4 is 23.4 Å². The molecule has 3 aromatic rings. The molecule has 2 N–H and O–H groups in total. The van der Waals surface area contributed by atoms with Gasteiger partial charge in [-0.1, -0.05) is 61.7 Å². The number of furan rings is 1. The van der Waals surface area contributed by atoms with Gasteiger partial charge < -0.3 is 19.8 Å². The van der Waals surface area contributed by atoms with Crippen LogP contribution in [0.5, 0.6) is 5.75 Å². The van der Waals surface area contributed by atoms with Gasteiger partial charge in [0.25, 0.3) is 5.91 Å². The highest BCUT2D eigenvalue weighted by atomic mass is 16.5. The summed E-state index contributed by atoms with van der Waals surface area (Å²) in [5, 5.41) is 5.77. The Morgan fingerprint density at radius 1 is 0.972 bits per heavy atom. The predicted molar refractivity (Wildman–Crippen MR) is 136 cm³/mol. The van der Waals surface area contributed by atoms with Gasteiger partial charge >= 0.3 is 0 Å². The lowest BCUT2D eigenvalue weighted by Gasteiger charge is -2.34. The molecule has 8 heteroatoms. The molecule has 1 aliphatic rings. The van der Waals surface area contributed by atoms with Crippen LogP contribution in [0.1, 0.15) is 54.3 Å². The van der Waals surface area contributed by atoms with E-state index < -0.39 is 17.9 Å². The first kappa shape index (κ1) is 25.0. The Bertz CT molecular complexity index is 1160. The molecule has 0 aliphatic heterocycles. The zero-order valence-corrected chi connectivity index (χ0v) is 20.3. The van der Waals surface area contributed by atoms with Gasteiger partial charge in [0.2, 0.25) is 11.8 Å². The number of hydrogen-bond acceptors (Lipinski definition) is 5. The summed E-state index contributed by atoms with van der Waals surface area (Å²) in [4.78, 5) is 41.4. The number of carbonyl (C=O) groups excluding carboxylic acids is 3. The zero-order chi connectivity index (χ0) is 25.3. The maximum Gasteiger partial charge on any atom is 0.287 e. The minimum atomic E-state index is -0.961. The van der Waals surface area contributed by atoms with Crippen LogP contribution in [0.25, 0.3) is 0 Å². The van der Waals surface area contributed by atoms with Gasteiger partial charge in [-0.2, -0.15) is 0 Å². The molecule has 36 heavy (non-hydrogen) atoms. The third-order valence-corrected chi connectivity index (χ3v) is 6.33. The van der Waals surface area contributed by atoms with Gasteiger partial charge in [0, 0.05) is 6.04 Å². The van der Waals surface area contributed by atoms with Crippen molar-refractivity contribution in [3.8, 4) is 5.75 Å². The predicted octanol–water partition coefficient (Wildman–Crippen LogP) is 4.24. The van der Waals surface area contributed by atoms with Crippen LogP contribution in [0, 0.1) is 0 Å². The second-order valence-electron chi connectivity index (χ2n) is 8.75. The molecule has 0 radical (unpaired) electrons. The maximum atomic E-state index is 13.8. The highest BCUT2D eigenvalue weighted by Crippen LogP contribution is 2.35. The molecule has 2 aromatic carbocycles. The summed E-state index contributed by atoms with van der Waals surface area (Å²) in [5.41, 5.74) is 1.09. The molecular formula is C28H31N3O5. The van der Waals surface area contributed by atoms with Crippen LogP contribution >= 0.6 is 0 Å². The molecule has 1 aliphatic carbocycles. The fourth-order valence-corrected chi connectivity index (χ4v) is 4.56. The number of amides is 3. The number of para-hydroxylation sites is 2. The second-order valence-corrected chi connectivity index (χ2v) is 8.75. The summed E-state index contributed by atoms with van der Waals surface area (Å²) in [6.45, 7) is -0.336. The molecule has 1 aromatic heterocycles. The van der Waals surface area contributed by atoms with Gasteiger partial charge in [0.1, 0.15) is 11.8 Å². The Labute approximate surface area is 210 Å². The van der Waals surface area contributed by atoms with Crippen molar-refractivity contribution in [2.45, 2.75) is 44.2 Å². The van der Waals surface area contributed by atoms with Crippen molar-refractivity contribution in [3.63, 3.8) is 0 Å². The van der Waals surface area contributed by atoms with Gasteiger partial charge in [-0.15, -0.1) is 0 Å². The summed E-state index contributed by atoms with van der Waals surface area (Å²) < 4.78 is 10.7. The summed E-state index contributed by atoms with van der Waals surface area (Å²) in [6, 6.07) is 18.4. The van der Waals surface area contributed by atoms with E-state index in [-0.39, 0.29) is 24.3 Å². The molecule has 0 spiro atoms. The molecule has 8 nitrogen and oxygen atoms in total. The van der Waals surface area contributed by atoms with E-state index in [9.17, 15) is 14.4 Å². The number of carbonyl (C=O) groups is 3. The van der Waals surface area contributed by atoms with Crippen molar-refractivity contribution in [2.24, 2.45) is 0 Å². The van der Waals surface area contributed by atoms with E-state index >= 15 is 0 Å². The van der Waals surface area contributed by atoms with Crippen LogP contribution in [0.15, 0.2) is 77.4 Å². The minimum absolute atomic E-state index is 0.0609. The Morgan fingerprint density at radius 3 is 2.39 bits per heavy atom. The highest BCUT2D eigenvalue weighted by Gasteiger charge is 2.35. The maximum absolute atomic E-state index is 13.8. The summed E-state index contributed by atoms with van der Waals surface area (Å²) in [5.74, 6) is -0.719. The standard InChI is InChI=1S/C28H31N3O5/c1-35-23-16-9-8-15-22(23)31(25(32)19-29-27(33)24-17-10-18-36-24)26(20-11-4-2-5-12-20)28(34)30-21-13-6-3-7-14-21/h2,4-5,8-12,15-18,21,26H,3,6-7,13-14,19H2,1H3,(H,29,33)(H,30,34)/t26-/m0/s1. The molecule has 188 valence electrons. The van der Waals surface area contributed by atoms with E-state index in [4.69, 9.17) is 9.15 Å². The van der Waals surface area contributed by atoms with E-state index in [0.29, 0.717) is 17.0 Å². The first-order valence-corrected chi connectivity index (χ1v) is 12.2. The zero-order valence-electron chi connectivity index (χ0n) is 20.3. The van der Waals surface area contributed by atoms with Gasteiger partial charge in [0.15, 0.2) is 5.76 Å². The van der Waals surface area contributed by atoms with Crippen LogP contribution in [0.4, 0.5) is 5.69 Å². The van der Waals surface area contributed by atoms with Crippen LogP contribution in [0.2, 0.25) is 0 Å². The molecule has 0 unspecified atom stereocenters. The number of anilines is 1. The first-order valence-electron chi connectivity index (χ1n) is 12.2. The lowest BCUT2D eigenvalue weighted by molar-refractivity contribution is -0.127. The Balaban J connectivity index is 1.69. The molecular weight excluding hydrogens is 458 g/mol. The molecule has 1 saturated carbocycles. The van der Waals surface area contributed by atoms with Gasteiger partial charge in [-0.25, -0.2) is 0 Å². The van der Waals surface area contributed by atoms with Crippen molar-refractivity contribution in [1.29, 1.82) is 0 Å². The van der Waals surface area contributed by atoms with E-state index in [1.807, 2.05) is 30.3 Å². The van der Waals surface area contributed by atoms with E-state index in [0.717, 1.165) is 32.1 Å². The minimum Gasteiger partial charge on any atom is -0.495 e. The fraction of sp³-hybridized carbons (Fsp3) is 0.321. The van der Waals surface area contributed by atoms with Crippen molar-refractivity contribution < 1.29 is 23.5 Å². The van der Waals surface area contributed by atoms with E-state index in [1.165, 1.54) is 24.3 Å². The Hall–Kier alpha value is -4.07. The molecule has 1 heterocycles. The van der Waals surface area contributed by atoms with Gasteiger partial charge in [0.05, 0.1) is 25.6 Å². The molecule has 0 saturated heterocycles. The van der Waals surface area contributed by atoms with E-state index in [1.54, 1.807) is 30.3 Å². The number of ether oxygens (including phenoxy) is 1. The van der Waals surface area contributed by atoms with Crippen LogP contribution in [-0.2, 0) is 9.59 Å². The Morgan fingerprint density at radius 2 is 1.69 bits per heavy atom. The van der Waals surface area contributed by atoms with Crippen molar-refractivity contribution in [1.82, 2.24) is 10.6 Å². The number of hydrogen-bond donors (Lipinski definition) is 2. The number of methoxy groups -OCH3 is 1. The Kier molecular flexibility index (Phi) is 8.39. The lowest BCUT2D eigenvalue weighted by Crippen LogP contribution is -2.49. The quantitative estimate of drug-likeness (QED) is 0.468. The average Bonchev–Trinajstić information content (AvgIpc) is 3.46. The van der Waals surface area contributed by atoms with Gasteiger partial charge in [-0.05, 0) is 42.7 Å². The smallest absolute Gasteiger partial charge is 0.287 e. The summed E-state index contributed by atoms with van der Waals surface area (Å²) in [7, 11) is 1.51. The summed E-state index contributed by atoms with van der Waals surface area (Å²) >= 11 is 0. The summed E-state index contributed by atoms with van der Waals surface area (Å²) in [6.07, 6.45) is 6.50. The highest BCUT2D eigenvalue weighted by molar-refractivity contribution is 6.05. The normalized spacial score (nSPS) is 14.5. The van der Waals surface area contributed by atoms with Crippen molar-refractivity contribution in [2.75, 3.05) is 18.6 Å². The first-order chi connectivity index (χ1) is 17.6. The number of benzene rings is 2. The average molecular weight is 490 g/mol. The second kappa shape index (κ2) is 12.1. The third-order valence-electron chi connectivity index (χ3n) is 6.33. The largest absolute Gasteiger partial charge is 0.495 e. The lowest BCUT2D eigenvalue weighted by atomic mass is 9.94. The topological polar surface area (TPSA) is 101 Å². The molecule has 1 atom stereocenters. The molecule has 0 bridgehead atoms. The molecule has 1 fully saturated rings. The SMILES string of the molecule is COc1ccccc1N(C(=O)CNC(=O)c1ccco1)[C@H](C(=O)NC1CCCCC1)c1ccccc1. The number of nitrogens with zero attached hydrogens (tertiary/aromatic N) is 1. The van der Waals surface area contributed by atoms with Crippen LogP contribution < -0.4 is 20.3 Å². The molecule has 3 amide bonds. The molecule has 4 rings (SSSR count). The number of rotatable bonds is 9. The van der Waals surface area contributed by atoms with Crippen LogP contribution in [-0.4, -0.2) is 37.4 Å². The monoisotopic (exact) mass is 489 g/mol. The fourth-order valence-electron chi connectivity index (χ4n) is 4.56. The van der Waals surface area contributed by atoms with E-state index in [2.05, 4.69) is 10.6 Å². The van der Waals surface area contributed by atoms with Gasteiger partial charge in [-0.3, -0.25) is 19.3 Å².